The number of esters is 1. The summed E-state index contributed by atoms with van der Waals surface area (Å²) in [5.41, 5.74) is 11.4. The van der Waals surface area contributed by atoms with Gasteiger partial charge in [-0.1, -0.05) is 32.9 Å². The molecule has 0 unspecified atom stereocenters. The molecule has 5 atom stereocenters. The van der Waals surface area contributed by atoms with Gasteiger partial charge in [-0.05, 0) is 88.4 Å². The largest absolute Gasteiger partial charge is 0.464 e. The lowest BCUT2D eigenvalue weighted by Crippen LogP contribution is -2.60. The predicted molar refractivity (Wildman–Crippen MR) is 280 cm³/mol. The summed E-state index contributed by atoms with van der Waals surface area (Å²) in [6.07, 6.45) is 4.53. The first kappa shape index (κ1) is 55.2. The number of carbonyl (C=O) groups is 3. The van der Waals surface area contributed by atoms with Gasteiger partial charge in [-0.2, -0.15) is 67.5 Å². The SMILES string of the molecule is CCn1c(-c2cc(N3CCN(C)CC3)cnc2[C@H](C)OC)c2c3cc(ccc31)-c1cccc(n1)C[C@H](NC(=O)[C@H]1C[C@@H]1C)C(=O)N1CCC[C@H](N1)C(=O)OCC(C)(C)C2.S.S.S.S.S. The van der Waals surface area contributed by atoms with E-state index in [-0.39, 0.29) is 110 Å². The van der Waals surface area contributed by atoms with E-state index in [0.717, 1.165) is 89.5 Å². The number of rotatable bonds is 7. The van der Waals surface area contributed by atoms with Gasteiger partial charge < -0.3 is 29.2 Å². The number of anilines is 1. The molecule has 6 heterocycles. The Morgan fingerprint density at radius 3 is 2.42 bits per heavy atom. The van der Waals surface area contributed by atoms with Gasteiger partial charge in [0.15, 0.2) is 0 Å². The normalized spacial score (nSPS) is 22.5. The van der Waals surface area contributed by atoms with Crippen molar-refractivity contribution < 1.29 is 23.9 Å². The third kappa shape index (κ3) is 11.7. The van der Waals surface area contributed by atoms with Crippen LogP contribution in [0.15, 0.2) is 48.7 Å². The van der Waals surface area contributed by atoms with E-state index in [1.807, 2.05) is 38.2 Å². The van der Waals surface area contributed by atoms with Crippen LogP contribution in [-0.4, -0.2) is 108 Å². The second-order valence-electron chi connectivity index (χ2n) is 18.0. The van der Waals surface area contributed by atoms with Gasteiger partial charge in [0.2, 0.25) is 5.91 Å². The highest BCUT2D eigenvalue weighted by Crippen LogP contribution is 2.43. The highest BCUT2D eigenvalue weighted by Gasteiger charge is 2.42. The summed E-state index contributed by atoms with van der Waals surface area (Å²) in [6.45, 7) is 15.7. The molecule has 64 heavy (non-hydrogen) atoms. The summed E-state index contributed by atoms with van der Waals surface area (Å²) in [4.78, 5) is 56.3. The Kier molecular flexibility index (Phi) is 19.9. The van der Waals surface area contributed by atoms with Gasteiger partial charge in [-0.3, -0.25) is 29.4 Å². The van der Waals surface area contributed by atoms with Crippen LogP contribution < -0.4 is 15.6 Å². The van der Waals surface area contributed by atoms with Crippen molar-refractivity contribution in [3.8, 4) is 22.5 Å². The van der Waals surface area contributed by atoms with Crippen molar-refractivity contribution in [3.63, 3.8) is 0 Å². The summed E-state index contributed by atoms with van der Waals surface area (Å²) in [7, 11) is 3.89. The van der Waals surface area contributed by atoms with Crippen LogP contribution in [-0.2, 0) is 43.2 Å². The molecule has 2 saturated heterocycles. The number of likely N-dealkylation sites (N-methyl/N-ethyl adjacent to an activating group) is 1. The molecule has 6 bridgehead atoms. The molecule has 2 N–H and O–H groups in total. The third-order valence-electron chi connectivity index (χ3n) is 12.8. The van der Waals surface area contributed by atoms with Crippen LogP contribution in [0.1, 0.15) is 76.9 Å². The smallest absolute Gasteiger partial charge is 0.324 e. The Morgan fingerprint density at radius 1 is 1.03 bits per heavy atom. The lowest BCUT2D eigenvalue weighted by molar-refractivity contribution is -0.155. The molecule has 0 spiro atoms. The zero-order valence-corrected chi connectivity index (χ0v) is 43.2. The van der Waals surface area contributed by atoms with E-state index in [1.54, 1.807) is 7.11 Å². The van der Waals surface area contributed by atoms with Gasteiger partial charge in [0.05, 0.1) is 41.7 Å². The van der Waals surface area contributed by atoms with Crippen molar-refractivity contribution in [1.82, 2.24) is 35.2 Å². The Bertz CT molecular complexity index is 2250. The molecule has 4 aliphatic rings. The first-order valence-electron chi connectivity index (χ1n) is 21.5. The number of hydrogen-bond acceptors (Lipinski definition) is 10. The minimum Gasteiger partial charge on any atom is -0.464 e. The number of amides is 2. The number of aryl methyl sites for hydroxylation is 1. The predicted octanol–water partition coefficient (Wildman–Crippen LogP) is 6.11. The fourth-order valence-electron chi connectivity index (χ4n) is 9.06. The Hall–Kier alpha value is -3.10. The maximum Gasteiger partial charge on any atom is 0.324 e. The van der Waals surface area contributed by atoms with Crippen LogP contribution in [0.3, 0.4) is 0 Å². The van der Waals surface area contributed by atoms with E-state index in [9.17, 15) is 14.4 Å². The number of benzene rings is 1. The van der Waals surface area contributed by atoms with Gasteiger partial charge in [-0.15, -0.1) is 0 Å². The van der Waals surface area contributed by atoms with E-state index in [1.165, 1.54) is 5.01 Å². The van der Waals surface area contributed by atoms with E-state index in [4.69, 9.17) is 19.4 Å². The number of aromatic nitrogens is 3. The fourth-order valence-corrected chi connectivity index (χ4v) is 9.06. The number of ether oxygens (including phenoxy) is 2. The van der Waals surface area contributed by atoms with Crippen LogP contribution in [0.4, 0.5) is 5.69 Å². The van der Waals surface area contributed by atoms with Crippen molar-refractivity contribution in [2.45, 2.75) is 91.5 Å². The first-order valence-corrected chi connectivity index (χ1v) is 21.5. The molecule has 0 radical (unpaired) electrons. The molecular formula is C46H70N8O5S5. The van der Waals surface area contributed by atoms with Gasteiger partial charge in [0.25, 0.3) is 5.91 Å². The zero-order chi connectivity index (χ0) is 41.6. The molecule has 3 aromatic heterocycles. The Balaban J connectivity index is 0.00000218. The summed E-state index contributed by atoms with van der Waals surface area (Å²) >= 11 is 0. The zero-order valence-electron chi connectivity index (χ0n) is 38.2. The highest BCUT2D eigenvalue weighted by molar-refractivity contribution is 7.60. The fraction of sp³-hybridized carbons (Fsp3) is 0.543. The molecule has 18 heteroatoms. The van der Waals surface area contributed by atoms with Crippen LogP contribution >= 0.6 is 67.5 Å². The Morgan fingerprint density at radius 2 is 1.75 bits per heavy atom. The standard InChI is InChI=1S/C46H60N8O5.5H2S/c1-8-53-40-15-14-30-22-34(40)36(42(53)35-24-32(26-47-41(35)29(3)58-7)52-19-17-51(6)18-20-52)25-46(4,5)27-59-45(57)38-13-10-16-54(50-38)44(56)39(49-43(55)33-21-28(33)2)23-31-11-9-12-37(30)48-31;;;;;/h9,11-12,14-15,22,24,26,28-29,33,38-39,50H,8,10,13,16-21,23,25,27H2,1-7H3,(H,49,55);5*1H2/t28-,29-,33-,38-,39-;;;;;/m0...../s1. The van der Waals surface area contributed by atoms with E-state index < -0.39 is 23.5 Å². The molecule has 1 aliphatic carbocycles. The number of cyclic esters (lactones) is 1. The summed E-state index contributed by atoms with van der Waals surface area (Å²) in [6, 6.07) is 13.2. The quantitative estimate of drug-likeness (QED) is 0.209. The molecule has 2 amide bonds. The number of piperazine rings is 1. The number of hydrogen-bond donors (Lipinski definition) is 2. The van der Waals surface area contributed by atoms with Crippen LogP contribution in [0.25, 0.3) is 33.4 Å². The average molecular weight is 975 g/mol. The average Bonchev–Trinajstić information content (AvgIpc) is 3.91. The number of carbonyl (C=O) groups excluding carboxylic acids is 3. The van der Waals surface area contributed by atoms with E-state index in [0.29, 0.717) is 31.5 Å². The number of fused-ring (bicyclic) bond motifs is 6. The van der Waals surface area contributed by atoms with E-state index in [2.05, 4.69) is 77.2 Å². The first-order chi connectivity index (χ1) is 28.3. The molecule has 1 saturated carbocycles. The maximum absolute atomic E-state index is 14.2. The molecule has 3 fully saturated rings. The second-order valence-corrected chi connectivity index (χ2v) is 18.0. The summed E-state index contributed by atoms with van der Waals surface area (Å²) in [5, 5.41) is 5.65. The molecule has 3 aliphatic heterocycles. The van der Waals surface area contributed by atoms with Crippen LogP contribution in [0, 0.1) is 17.3 Å². The molecule has 4 aromatic rings. The van der Waals surface area contributed by atoms with Crippen LogP contribution in [0.2, 0.25) is 0 Å². The highest BCUT2D eigenvalue weighted by atomic mass is 32.1. The topological polar surface area (TPSA) is 134 Å². The number of nitrogens with one attached hydrogen (secondary N) is 2. The van der Waals surface area contributed by atoms with Crippen LogP contribution in [0.5, 0.6) is 0 Å². The van der Waals surface area contributed by atoms with Crippen molar-refractivity contribution in [2.75, 3.05) is 58.4 Å². The molecule has 8 rings (SSSR count). The van der Waals surface area contributed by atoms with Gasteiger partial charge in [0, 0.05) is 91.9 Å². The molecule has 1 aromatic carbocycles. The summed E-state index contributed by atoms with van der Waals surface area (Å²) < 4.78 is 14.5. The van der Waals surface area contributed by atoms with Gasteiger partial charge >= 0.3 is 5.97 Å². The third-order valence-corrected chi connectivity index (χ3v) is 12.8. The minimum atomic E-state index is -0.854. The second kappa shape index (κ2) is 23.1. The number of hydrazine groups is 1. The summed E-state index contributed by atoms with van der Waals surface area (Å²) in [5.74, 6) is -0.610. The minimum absolute atomic E-state index is 0. The maximum atomic E-state index is 14.2. The Labute approximate surface area is 413 Å². The lowest BCUT2D eigenvalue weighted by atomic mass is 9.84. The molecular weight excluding hydrogens is 905 g/mol. The molecule has 13 nitrogen and oxygen atoms in total. The number of pyridine rings is 2. The van der Waals surface area contributed by atoms with Gasteiger partial charge in [0.1, 0.15) is 12.1 Å². The monoisotopic (exact) mass is 974 g/mol. The van der Waals surface area contributed by atoms with Crippen molar-refractivity contribution >= 4 is 102 Å². The van der Waals surface area contributed by atoms with Crippen molar-refractivity contribution in [3.05, 3.63) is 65.6 Å². The van der Waals surface area contributed by atoms with Crippen molar-refractivity contribution in [1.29, 1.82) is 0 Å². The molecule has 354 valence electrons. The van der Waals surface area contributed by atoms with E-state index >= 15 is 0 Å². The van der Waals surface area contributed by atoms with Crippen molar-refractivity contribution in [2.24, 2.45) is 17.3 Å². The van der Waals surface area contributed by atoms with Gasteiger partial charge in [-0.25, -0.2) is 5.43 Å². The number of nitrogens with zero attached hydrogens (tertiary/aromatic N) is 6. The number of methoxy groups -OCH3 is 1. The lowest BCUT2D eigenvalue weighted by Gasteiger charge is -2.35.